The highest BCUT2D eigenvalue weighted by molar-refractivity contribution is 6.00. The molecule has 0 spiro atoms. The van der Waals surface area contributed by atoms with Gasteiger partial charge in [-0.25, -0.2) is 0 Å². The predicted molar refractivity (Wildman–Crippen MR) is 117 cm³/mol. The van der Waals surface area contributed by atoms with Crippen molar-refractivity contribution < 1.29 is 4.79 Å². The second-order valence-corrected chi connectivity index (χ2v) is 7.31. The van der Waals surface area contributed by atoms with Crippen LogP contribution >= 0.6 is 0 Å². The Hall–Kier alpha value is -3.58. The van der Waals surface area contributed by atoms with E-state index in [9.17, 15) is 4.79 Å². The SMILES string of the molecule is C=C(c1cnn(C)c1)c1cc(-c2cccc3c2N[C@H](C)CC(=O)N3)ccc1NN. The number of rotatable bonds is 4. The summed E-state index contributed by atoms with van der Waals surface area (Å²) in [4.78, 5) is 12.1. The van der Waals surface area contributed by atoms with E-state index in [1.165, 1.54) is 0 Å². The molecule has 2 heterocycles. The molecule has 5 N–H and O–H groups in total. The molecule has 0 saturated heterocycles. The summed E-state index contributed by atoms with van der Waals surface area (Å²) in [5.41, 5.74) is 9.86. The van der Waals surface area contributed by atoms with Crippen LogP contribution in [0.5, 0.6) is 0 Å². The van der Waals surface area contributed by atoms with Crippen LogP contribution in [0.2, 0.25) is 0 Å². The Balaban J connectivity index is 1.82. The van der Waals surface area contributed by atoms with Crippen LogP contribution in [0.15, 0.2) is 55.4 Å². The first kappa shape index (κ1) is 18.8. The van der Waals surface area contributed by atoms with Crippen LogP contribution in [-0.2, 0) is 11.8 Å². The molecule has 1 atom stereocenters. The normalized spacial score (nSPS) is 15.7. The predicted octanol–water partition coefficient (Wildman–Crippen LogP) is 3.58. The monoisotopic (exact) mass is 388 g/mol. The summed E-state index contributed by atoms with van der Waals surface area (Å²) in [5, 5.41) is 10.7. The van der Waals surface area contributed by atoms with Crippen molar-refractivity contribution >= 4 is 28.5 Å². The molecule has 148 valence electrons. The fourth-order valence-corrected chi connectivity index (χ4v) is 3.65. The van der Waals surface area contributed by atoms with Crippen molar-refractivity contribution in [1.29, 1.82) is 0 Å². The third kappa shape index (κ3) is 3.60. The number of aryl methyl sites for hydroxylation is 1. The third-order valence-corrected chi connectivity index (χ3v) is 5.09. The van der Waals surface area contributed by atoms with Gasteiger partial charge in [0.15, 0.2) is 0 Å². The van der Waals surface area contributed by atoms with Crippen LogP contribution in [0, 0.1) is 0 Å². The Morgan fingerprint density at radius 1 is 1.34 bits per heavy atom. The standard InChI is InChI=1S/C22H24N6O/c1-13-9-21(29)26-20-6-4-5-17(22(20)25-13)15-7-8-19(27-23)18(10-15)14(2)16-11-24-28(3)12-16/h4-8,10-13,25,27H,2,9,23H2,1,3H3,(H,26,29)/t13-/m1/s1. The molecule has 0 fully saturated rings. The molecule has 29 heavy (non-hydrogen) atoms. The number of hydrogen-bond donors (Lipinski definition) is 4. The van der Waals surface area contributed by atoms with Gasteiger partial charge in [-0.3, -0.25) is 15.3 Å². The molecule has 7 nitrogen and oxygen atoms in total. The minimum absolute atomic E-state index is 0.00854. The number of carbonyl (C=O) groups excluding carboxylic acids is 1. The summed E-state index contributed by atoms with van der Waals surface area (Å²) in [5.74, 6) is 5.76. The Labute approximate surface area is 169 Å². The quantitative estimate of drug-likeness (QED) is 0.405. The molecule has 7 heteroatoms. The van der Waals surface area contributed by atoms with Gasteiger partial charge >= 0.3 is 0 Å². The average Bonchev–Trinajstić information content (AvgIpc) is 3.07. The van der Waals surface area contributed by atoms with Gasteiger partial charge < -0.3 is 16.1 Å². The molecule has 1 aliphatic heterocycles. The number of nitrogens with one attached hydrogen (secondary N) is 3. The maximum atomic E-state index is 12.1. The van der Waals surface area contributed by atoms with Crippen LogP contribution < -0.4 is 21.9 Å². The van der Waals surface area contributed by atoms with Gasteiger partial charge in [0.25, 0.3) is 0 Å². The van der Waals surface area contributed by atoms with Crippen LogP contribution in [-0.4, -0.2) is 21.7 Å². The molecular weight excluding hydrogens is 364 g/mol. The second-order valence-electron chi connectivity index (χ2n) is 7.31. The van der Waals surface area contributed by atoms with Crippen LogP contribution in [0.1, 0.15) is 24.5 Å². The number of aromatic nitrogens is 2. The van der Waals surface area contributed by atoms with Gasteiger partial charge in [-0.1, -0.05) is 24.8 Å². The van der Waals surface area contributed by atoms with Crippen molar-refractivity contribution in [1.82, 2.24) is 9.78 Å². The number of fused-ring (bicyclic) bond motifs is 1. The number of benzene rings is 2. The van der Waals surface area contributed by atoms with Crippen molar-refractivity contribution in [3.05, 3.63) is 66.5 Å². The van der Waals surface area contributed by atoms with Gasteiger partial charge in [-0.05, 0) is 36.3 Å². The van der Waals surface area contributed by atoms with Crippen LogP contribution in [0.4, 0.5) is 17.1 Å². The minimum atomic E-state index is 0.00854. The lowest BCUT2D eigenvalue weighted by molar-refractivity contribution is -0.116. The topological polar surface area (TPSA) is 97.0 Å². The van der Waals surface area contributed by atoms with E-state index in [4.69, 9.17) is 5.84 Å². The van der Waals surface area contributed by atoms with Gasteiger partial charge in [0, 0.05) is 42.4 Å². The first-order valence-corrected chi connectivity index (χ1v) is 9.45. The zero-order valence-corrected chi connectivity index (χ0v) is 16.5. The highest BCUT2D eigenvalue weighted by atomic mass is 16.1. The van der Waals surface area contributed by atoms with Gasteiger partial charge in [0.05, 0.1) is 23.3 Å². The highest BCUT2D eigenvalue weighted by Gasteiger charge is 2.21. The lowest BCUT2D eigenvalue weighted by Crippen LogP contribution is -2.19. The summed E-state index contributed by atoms with van der Waals surface area (Å²) >= 11 is 0. The molecular formula is C22H24N6O. The van der Waals surface area contributed by atoms with Crippen molar-refractivity contribution in [3.8, 4) is 11.1 Å². The fourth-order valence-electron chi connectivity index (χ4n) is 3.65. The van der Waals surface area contributed by atoms with E-state index in [-0.39, 0.29) is 11.9 Å². The number of carbonyl (C=O) groups is 1. The van der Waals surface area contributed by atoms with Crippen molar-refractivity contribution in [3.63, 3.8) is 0 Å². The van der Waals surface area contributed by atoms with Gasteiger partial charge in [-0.15, -0.1) is 0 Å². The number of para-hydroxylation sites is 1. The Bertz CT molecular complexity index is 1100. The average molecular weight is 388 g/mol. The summed E-state index contributed by atoms with van der Waals surface area (Å²) in [6.45, 7) is 6.26. The van der Waals surface area contributed by atoms with Crippen LogP contribution in [0.3, 0.4) is 0 Å². The number of nitrogen functional groups attached to an aromatic ring is 1. The first-order chi connectivity index (χ1) is 14.0. The van der Waals surface area contributed by atoms with E-state index in [2.05, 4.69) is 33.8 Å². The molecule has 1 amide bonds. The molecule has 0 bridgehead atoms. The van der Waals surface area contributed by atoms with Crippen molar-refractivity contribution in [2.45, 2.75) is 19.4 Å². The Kier molecular flexibility index (Phi) is 4.82. The fraction of sp³-hybridized carbons (Fsp3) is 0.182. The van der Waals surface area contributed by atoms with E-state index in [1.54, 1.807) is 10.9 Å². The van der Waals surface area contributed by atoms with Gasteiger partial charge in [0.1, 0.15) is 0 Å². The maximum absolute atomic E-state index is 12.1. The van der Waals surface area contributed by atoms with Gasteiger partial charge in [0.2, 0.25) is 5.91 Å². The maximum Gasteiger partial charge on any atom is 0.226 e. The number of hydrazine groups is 1. The van der Waals surface area contributed by atoms with Gasteiger partial charge in [-0.2, -0.15) is 5.10 Å². The third-order valence-electron chi connectivity index (χ3n) is 5.09. The number of nitrogens with two attached hydrogens (primary N) is 1. The zero-order valence-electron chi connectivity index (χ0n) is 16.5. The van der Waals surface area contributed by atoms with Crippen molar-refractivity contribution in [2.24, 2.45) is 12.9 Å². The largest absolute Gasteiger partial charge is 0.380 e. The lowest BCUT2D eigenvalue weighted by Gasteiger charge is -2.18. The van der Waals surface area contributed by atoms with E-state index < -0.39 is 0 Å². The van der Waals surface area contributed by atoms with E-state index in [0.717, 1.165) is 44.9 Å². The zero-order chi connectivity index (χ0) is 20.5. The summed E-state index contributed by atoms with van der Waals surface area (Å²) in [7, 11) is 1.87. The molecule has 2 aromatic carbocycles. The molecule has 0 radical (unpaired) electrons. The first-order valence-electron chi connectivity index (χ1n) is 9.45. The molecule has 3 aromatic rings. The van der Waals surface area contributed by atoms with E-state index >= 15 is 0 Å². The van der Waals surface area contributed by atoms with Crippen LogP contribution in [0.25, 0.3) is 16.7 Å². The van der Waals surface area contributed by atoms with E-state index in [0.29, 0.717) is 6.42 Å². The Morgan fingerprint density at radius 3 is 2.90 bits per heavy atom. The number of nitrogens with zero attached hydrogens (tertiary/aromatic N) is 2. The summed E-state index contributed by atoms with van der Waals surface area (Å²) in [6, 6.07) is 11.9. The second kappa shape index (κ2) is 7.44. The molecule has 4 rings (SSSR count). The minimum Gasteiger partial charge on any atom is -0.380 e. The molecule has 1 aromatic heterocycles. The number of amides is 1. The number of hydrogen-bond acceptors (Lipinski definition) is 5. The van der Waals surface area contributed by atoms with E-state index in [1.807, 2.05) is 50.5 Å². The molecule has 0 saturated carbocycles. The smallest absolute Gasteiger partial charge is 0.226 e. The summed E-state index contributed by atoms with van der Waals surface area (Å²) < 4.78 is 1.74. The highest BCUT2D eigenvalue weighted by Crippen LogP contribution is 2.39. The number of anilines is 3. The summed E-state index contributed by atoms with van der Waals surface area (Å²) in [6.07, 6.45) is 4.12. The molecule has 0 aliphatic carbocycles. The lowest BCUT2D eigenvalue weighted by atomic mass is 9.94. The molecule has 0 unspecified atom stereocenters. The Morgan fingerprint density at radius 2 is 2.17 bits per heavy atom. The van der Waals surface area contributed by atoms with Crippen molar-refractivity contribution in [2.75, 3.05) is 16.1 Å². The molecule has 1 aliphatic rings.